The fraction of sp³-hybridized carbons (Fsp3) is 0.421. The Labute approximate surface area is 158 Å². The normalized spacial score (nSPS) is 11.0. The first-order valence-corrected chi connectivity index (χ1v) is 9.53. The van der Waals surface area contributed by atoms with Crippen LogP contribution >= 0.6 is 11.3 Å². The molecular weight excluding hydrogens is 348 g/mol. The lowest BCUT2D eigenvalue weighted by molar-refractivity contribution is 0.168. The van der Waals surface area contributed by atoms with E-state index in [2.05, 4.69) is 48.2 Å². The average molecular weight is 375 g/mol. The molecule has 0 spiro atoms. The van der Waals surface area contributed by atoms with E-state index in [4.69, 9.17) is 4.74 Å². The quantitative estimate of drug-likeness (QED) is 0.571. The zero-order valence-corrected chi connectivity index (χ0v) is 16.8. The molecule has 1 N–H and O–H groups in total. The van der Waals surface area contributed by atoms with Gasteiger partial charge in [-0.05, 0) is 50.5 Å². The second-order valence-electron chi connectivity index (χ2n) is 6.03. The summed E-state index contributed by atoms with van der Waals surface area (Å²) in [5.41, 5.74) is 4.50. The van der Waals surface area contributed by atoms with Crippen molar-refractivity contribution in [3.8, 4) is 0 Å². The van der Waals surface area contributed by atoms with Crippen LogP contribution in [0, 0.1) is 13.8 Å². The third-order valence-electron chi connectivity index (χ3n) is 3.95. The molecule has 1 aromatic heterocycles. The number of thiazole rings is 1. The van der Waals surface area contributed by atoms with E-state index in [1.54, 1.807) is 6.92 Å². The summed E-state index contributed by atoms with van der Waals surface area (Å²) in [6, 6.07) is 4.27. The molecule has 1 heterocycles. The molecular formula is C19H26N4O2S. The summed E-state index contributed by atoms with van der Waals surface area (Å²) >= 11 is 1.52. The monoisotopic (exact) mass is 374 g/mol. The van der Waals surface area contributed by atoms with Gasteiger partial charge in [-0.3, -0.25) is 5.32 Å². The number of aryl methyl sites for hydroxylation is 2. The zero-order valence-electron chi connectivity index (χ0n) is 16.0. The molecule has 1 aromatic carbocycles. The lowest BCUT2D eigenvalue weighted by Crippen LogP contribution is -2.14. The second-order valence-corrected chi connectivity index (χ2v) is 6.97. The smallest absolute Gasteiger partial charge is 0.412 e. The highest BCUT2D eigenvalue weighted by molar-refractivity contribution is 7.10. The highest BCUT2D eigenvalue weighted by atomic mass is 32.1. The van der Waals surface area contributed by atoms with Crippen LogP contribution < -0.4 is 5.32 Å². The van der Waals surface area contributed by atoms with Crippen LogP contribution in [0.5, 0.6) is 0 Å². The van der Waals surface area contributed by atoms with Crippen LogP contribution in [-0.4, -0.2) is 42.5 Å². The third kappa shape index (κ3) is 5.56. The number of anilines is 1. The van der Waals surface area contributed by atoms with Crippen molar-refractivity contribution in [2.24, 2.45) is 4.99 Å². The molecule has 0 aliphatic carbocycles. The number of aromatic nitrogens is 1. The van der Waals surface area contributed by atoms with Gasteiger partial charge in [-0.15, -0.1) is 11.3 Å². The molecule has 7 heteroatoms. The first kappa shape index (κ1) is 19.9. The first-order chi connectivity index (χ1) is 12.4. The van der Waals surface area contributed by atoms with Crippen molar-refractivity contribution in [2.75, 3.05) is 25.5 Å². The van der Waals surface area contributed by atoms with Crippen LogP contribution in [0.4, 0.5) is 16.3 Å². The second kappa shape index (κ2) is 9.33. The summed E-state index contributed by atoms with van der Waals surface area (Å²) < 4.78 is 4.87. The number of nitrogens with one attached hydrogen (secondary N) is 1. The highest BCUT2D eigenvalue weighted by Gasteiger charge is 2.10. The maximum absolute atomic E-state index is 11.5. The molecule has 140 valence electrons. The zero-order chi connectivity index (χ0) is 19.1. The molecule has 0 fully saturated rings. The molecule has 0 saturated carbocycles. The largest absolute Gasteiger partial charge is 0.450 e. The number of carbonyl (C=O) groups excluding carboxylic acids is 1. The van der Waals surface area contributed by atoms with E-state index in [1.807, 2.05) is 23.7 Å². The summed E-state index contributed by atoms with van der Waals surface area (Å²) in [4.78, 5) is 22.5. The maximum Gasteiger partial charge on any atom is 0.412 e. The number of ether oxygens (including phenoxy) is 1. The van der Waals surface area contributed by atoms with E-state index >= 15 is 0 Å². The summed E-state index contributed by atoms with van der Waals surface area (Å²) in [6.45, 7) is 9.27. The summed E-state index contributed by atoms with van der Waals surface area (Å²) in [6.07, 6.45) is 2.10. The van der Waals surface area contributed by atoms with Gasteiger partial charge in [-0.2, -0.15) is 0 Å². The first-order valence-electron chi connectivity index (χ1n) is 8.65. The van der Waals surface area contributed by atoms with Gasteiger partial charge in [-0.25, -0.2) is 14.8 Å². The Kier molecular flexibility index (Phi) is 7.15. The van der Waals surface area contributed by atoms with Crippen LogP contribution in [0.1, 0.15) is 35.5 Å². The van der Waals surface area contributed by atoms with Gasteiger partial charge in [0.2, 0.25) is 0 Å². The number of hydrogen-bond donors (Lipinski definition) is 1. The van der Waals surface area contributed by atoms with Crippen molar-refractivity contribution >= 4 is 35.3 Å². The SMILES string of the molecule is CCOC(=O)Nc1csc(Cc2cc(C)c(/N=C/N(C)CC)cc2C)n1. The number of hydrogen-bond acceptors (Lipinski definition) is 5. The number of carbonyl (C=O) groups is 1. The molecule has 0 bridgehead atoms. The van der Waals surface area contributed by atoms with Gasteiger partial charge >= 0.3 is 6.09 Å². The number of rotatable bonds is 7. The molecule has 0 aliphatic heterocycles. The Morgan fingerprint density at radius 2 is 2.12 bits per heavy atom. The van der Waals surface area contributed by atoms with E-state index in [9.17, 15) is 4.79 Å². The molecule has 0 atom stereocenters. The van der Waals surface area contributed by atoms with Gasteiger partial charge in [0.25, 0.3) is 0 Å². The maximum atomic E-state index is 11.5. The molecule has 2 rings (SSSR count). The van der Waals surface area contributed by atoms with Crippen molar-refractivity contribution in [1.82, 2.24) is 9.88 Å². The Morgan fingerprint density at radius 1 is 1.35 bits per heavy atom. The average Bonchev–Trinajstić information content (AvgIpc) is 3.03. The summed E-state index contributed by atoms with van der Waals surface area (Å²) in [5, 5.41) is 5.40. The minimum atomic E-state index is -0.476. The van der Waals surface area contributed by atoms with Gasteiger partial charge in [0.1, 0.15) is 5.82 Å². The van der Waals surface area contributed by atoms with E-state index in [-0.39, 0.29) is 0 Å². The highest BCUT2D eigenvalue weighted by Crippen LogP contribution is 2.26. The van der Waals surface area contributed by atoms with E-state index in [0.717, 1.165) is 29.2 Å². The van der Waals surface area contributed by atoms with Crippen molar-refractivity contribution in [3.05, 3.63) is 39.2 Å². The summed E-state index contributed by atoms with van der Waals surface area (Å²) in [7, 11) is 2.00. The van der Waals surface area contributed by atoms with Crippen molar-refractivity contribution in [2.45, 2.75) is 34.1 Å². The number of aliphatic imine (C=N–C) groups is 1. The van der Waals surface area contributed by atoms with Crippen LogP contribution in [0.3, 0.4) is 0 Å². The third-order valence-corrected chi connectivity index (χ3v) is 4.80. The Bertz CT molecular complexity index is 786. The van der Waals surface area contributed by atoms with Gasteiger partial charge in [-0.1, -0.05) is 6.07 Å². The predicted octanol–water partition coefficient (Wildman–Crippen LogP) is 4.53. The lowest BCUT2D eigenvalue weighted by atomic mass is 10.0. The van der Waals surface area contributed by atoms with Crippen LogP contribution in [0.25, 0.3) is 0 Å². The van der Waals surface area contributed by atoms with E-state index in [0.29, 0.717) is 12.4 Å². The molecule has 1 amide bonds. The minimum Gasteiger partial charge on any atom is -0.450 e. The van der Waals surface area contributed by atoms with Crippen LogP contribution in [0.2, 0.25) is 0 Å². The Hall–Kier alpha value is -2.41. The molecule has 6 nitrogen and oxygen atoms in total. The predicted molar refractivity (Wildman–Crippen MR) is 108 cm³/mol. The van der Waals surface area contributed by atoms with Crippen LogP contribution in [0.15, 0.2) is 22.5 Å². The van der Waals surface area contributed by atoms with Crippen molar-refractivity contribution < 1.29 is 9.53 Å². The molecule has 0 aliphatic rings. The Balaban J connectivity index is 2.10. The van der Waals surface area contributed by atoms with Gasteiger partial charge in [0, 0.05) is 25.4 Å². The number of amides is 1. The molecule has 0 radical (unpaired) electrons. The summed E-state index contributed by atoms with van der Waals surface area (Å²) in [5.74, 6) is 0.529. The van der Waals surface area contributed by atoms with Gasteiger partial charge in [0.05, 0.1) is 23.6 Å². The van der Waals surface area contributed by atoms with Crippen molar-refractivity contribution in [1.29, 1.82) is 0 Å². The van der Waals surface area contributed by atoms with Gasteiger partial charge in [0.15, 0.2) is 0 Å². The standard InChI is InChI=1S/C19H26N4O2S/c1-6-23(5)12-20-16-9-13(3)15(8-14(16)4)10-18-21-17(11-26-18)22-19(24)25-7-2/h8-9,11-12H,6-7,10H2,1-5H3,(H,22,24)/b20-12+. The minimum absolute atomic E-state index is 0.337. The Morgan fingerprint density at radius 3 is 2.81 bits per heavy atom. The molecule has 26 heavy (non-hydrogen) atoms. The number of nitrogens with zero attached hydrogens (tertiary/aromatic N) is 3. The molecule has 0 unspecified atom stereocenters. The molecule has 2 aromatic rings. The van der Waals surface area contributed by atoms with E-state index < -0.39 is 6.09 Å². The number of benzene rings is 1. The van der Waals surface area contributed by atoms with Crippen LogP contribution in [-0.2, 0) is 11.2 Å². The van der Waals surface area contributed by atoms with Crippen molar-refractivity contribution in [3.63, 3.8) is 0 Å². The topological polar surface area (TPSA) is 66.8 Å². The molecule has 0 saturated heterocycles. The lowest BCUT2D eigenvalue weighted by Gasteiger charge is -2.11. The fourth-order valence-electron chi connectivity index (χ4n) is 2.32. The fourth-order valence-corrected chi connectivity index (χ4v) is 3.07. The van der Waals surface area contributed by atoms with E-state index in [1.165, 1.54) is 22.5 Å². The van der Waals surface area contributed by atoms with Gasteiger partial charge < -0.3 is 9.64 Å².